The molecule has 0 bridgehead atoms. The predicted molar refractivity (Wildman–Crippen MR) is 82.4 cm³/mol. The second kappa shape index (κ2) is 4.12. The van der Waals surface area contributed by atoms with Gasteiger partial charge in [-0.15, -0.1) is 0 Å². The minimum atomic E-state index is -0.397. The molecule has 0 aromatic carbocycles. The highest BCUT2D eigenvalue weighted by atomic mass is 16.3. The first-order valence-electron chi connectivity index (χ1n) is 8.92. The summed E-state index contributed by atoms with van der Waals surface area (Å²) in [5.74, 6) is 1.37. The van der Waals surface area contributed by atoms with Crippen molar-refractivity contribution in [3.8, 4) is 0 Å². The van der Waals surface area contributed by atoms with Gasteiger partial charge in [0.25, 0.3) is 0 Å². The molecule has 0 aromatic heterocycles. The van der Waals surface area contributed by atoms with Gasteiger partial charge in [-0.2, -0.15) is 0 Å². The van der Waals surface area contributed by atoms with Gasteiger partial charge in [0.2, 0.25) is 0 Å². The first kappa shape index (κ1) is 13.4. The van der Waals surface area contributed by atoms with Gasteiger partial charge >= 0.3 is 0 Å². The lowest BCUT2D eigenvalue weighted by Crippen LogP contribution is -2.62. The third-order valence-electron chi connectivity index (χ3n) is 8.00. The van der Waals surface area contributed by atoms with Crippen LogP contribution in [-0.4, -0.2) is 10.7 Å². The van der Waals surface area contributed by atoms with Gasteiger partial charge in [-0.05, 0) is 75.0 Å². The van der Waals surface area contributed by atoms with Crippen LogP contribution in [0.5, 0.6) is 0 Å². The number of hydrogen-bond donors (Lipinski definition) is 1. The Kier molecular flexibility index (Phi) is 2.76. The third-order valence-corrected chi connectivity index (χ3v) is 8.00. The largest absolute Gasteiger partial charge is 0.389 e. The van der Waals surface area contributed by atoms with Crippen molar-refractivity contribution in [1.29, 1.82) is 0 Å². The van der Waals surface area contributed by atoms with Crippen molar-refractivity contribution < 1.29 is 5.11 Å². The van der Waals surface area contributed by atoms with E-state index in [1.54, 1.807) is 5.57 Å². The quantitative estimate of drug-likeness (QED) is 0.626. The van der Waals surface area contributed by atoms with Crippen LogP contribution in [-0.2, 0) is 0 Å². The molecule has 1 N–H and O–H groups in total. The van der Waals surface area contributed by atoms with Gasteiger partial charge in [0, 0.05) is 5.41 Å². The van der Waals surface area contributed by atoms with Crippen LogP contribution in [0, 0.1) is 22.7 Å². The Morgan fingerprint density at radius 1 is 1.00 bits per heavy atom. The first-order valence-corrected chi connectivity index (χ1v) is 8.92. The lowest BCUT2D eigenvalue weighted by molar-refractivity contribution is -0.187. The topological polar surface area (TPSA) is 20.2 Å². The maximum atomic E-state index is 11.8. The van der Waals surface area contributed by atoms with Gasteiger partial charge in [-0.3, -0.25) is 0 Å². The summed E-state index contributed by atoms with van der Waals surface area (Å²) in [5.41, 5.74) is 1.84. The molecule has 20 heavy (non-hydrogen) atoms. The fourth-order valence-electron chi connectivity index (χ4n) is 6.68. The zero-order chi connectivity index (χ0) is 14.0. The van der Waals surface area contributed by atoms with E-state index in [-0.39, 0.29) is 5.41 Å². The van der Waals surface area contributed by atoms with Crippen molar-refractivity contribution in [3.63, 3.8) is 0 Å². The molecule has 0 spiro atoms. The van der Waals surface area contributed by atoms with Crippen LogP contribution in [0.3, 0.4) is 0 Å². The average molecular weight is 274 g/mol. The highest BCUT2D eigenvalue weighted by Gasteiger charge is 2.63. The van der Waals surface area contributed by atoms with Gasteiger partial charge < -0.3 is 5.11 Å². The van der Waals surface area contributed by atoms with Crippen LogP contribution in [0.1, 0.15) is 78.1 Å². The SMILES string of the molecule is C[C@@]12CCC[C@H]1[C@@H]1CCC3=CCCC[C@]3(C)[C@@]1(O)CC2. The molecule has 4 rings (SSSR count). The van der Waals surface area contributed by atoms with Gasteiger partial charge in [-0.25, -0.2) is 0 Å². The van der Waals surface area contributed by atoms with E-state index in [1.807, 2.05) is 0 Å². The molecular formula is C19H30O. The van der Waals surface area contributed by atoms with Crippen LogP contribution in [0.25, 0.3) is 0 Å². The Hall–Kier alpha value is -0.300. The molecule has 0 saturated heterocycles. The van der Waals surface area contributed by atoms with E-state index in [1.165, 1.54) is 57.8 Å². The van der Waals surface area contributed by atoms with Crippen LogP contribution in [0.4, 0.5) is 0 Å². The van der Waals surface area contributed by atoms with Crippen molar-refractivity contribution in [1.82, 2.24) is 0 Å². The third kappa shape index (κ3) is 1.48. The Balaban J connectivity index is 1.76. The molecule has 4 aliphatic carbocycles. The van der Waals surface area contributed by atoms with Gasteiger partial charge in [-0.1, -0.05) is 31.9 Å². The maximum Gasteiger partial charge on any atom is 0.0769 e. The molecule has 0 aliphatic heterocycles. The fourth-order valence-corrected chi connectivity index (χ4v) is 6.68. The molecule has 5 atom stereocenters. The molecule has 0 radical (unpaired) electrons. The molecule has 112 valence electrons. The molecule has 0 aromatic rings. The second-order valence-corrected chi connectivity index (χ2v) is 8.68. The average Bonchev–Trinajstić information content (AvgIpc) is 2.81. The summed E-state index contributed by atoms with van der Waals surface area (Å²) in [4.78, 5) is 0. The van der Waals surface area contributed by atoms with Crippen LogP contribution in [0.2, 0.25) is 0 Å². The van der Waals surface area contributed by atoms with E-state index in [0.29, 0.717) is 11.3 Å². The minimum Gasteiger partial charge on any atom is -0.389 e. The Morgan fingerprint density at radius 3 is 2.70 bits per heavy atom. The van der Waals surface area contributed by atoms with E-state index in [2.05, 4.69) is 19.9 Å². The number of aliphatic hydroxyl groups is 1. The van der Waals surface area contributed by atoms with Crippen molar-refractivity contribution in [3.05, 3.63) is 11.6 Å². The summed E-state index contributed by atoms with van der Waals surface area (Å²) >= 11 is 0. The minimum absolute atomic E-state index is 0.0953. The molecule has 3 saturated carbocycles. The van der Waals surface area contributed by atoms with Crippen LogP contribution < -0.4 is 0 Å². The van der Waals surface area contributed by atoms with E-state index in [0.717, 1.165) is 12.3 Å². The van der Waals surface area contributed by atoms with Gasteiger partial charge in [0.15, 0.2) is 0 Å². The monoisotopic (exact) mass is 274 g/mol. The summed E-state index contributed by atoms with van der Waals surface area (Å²) < 4.78 is 0. The number of fused-ring (bicyclic) bond motifs is 5. The summed E-state index contributed by atoms with van der Waals surface area (Å²) in [6.45, 7) is 4.90. The molecule has 0 unspecified atom stereocenters. The van der Waals surface area contributed by atoms with Crippen molar-refractivity contribution >= 4 is 0 Å². The zero-order valence-electron chi connectivity index (χ0n) is 13.3. The van der Waals surface area contributed by atoms with Crippen molar-refractivity contribution in [2.75, 3.05) is 0 Å². The summed E-state index contributed by atoms with van der Waals surface area (Å²) in [5, 5.41) is 11.8. The number of allylic oxidation sites excluding steroid dienone is 1. The first-order chi connectivity index (χ1) is 9.50. The Morgan fingerprint density at radius 2 is 1.85 bits per heavy atom. The molecule has 0 amide bonds. The van der Waals surface area contributed by atoms with E-state index >= 15 is 0 Å². The lowest BCUT2D eigenvalue weighted by Gasteiger charge is -2.62. The second-order valence-electron chi connectivity index (χ2n) is 8.68. The smallest absolute Gasteiger partial charge is 0.0769 e. The maximum absolute atomic E-state index is 11.8. The van der Waals surface area contributed by atoms with Crippen LogP contribution in [0.15, 0.2) is 11.6 Å². The highest BCUT2D eigenvalue weighted by molar-refractivity contribution is 5.28. The van der Waals surface area contributed by atoms with Gasteiger partial charge in [0.05, 0.1) is 5.60 Å². The summed E-state index contributed by atoms with van der Waals surface area (Å²) in [7, 11) is 0. The molecule has 4 aliphatic rings. The summed E-state index contributed by atoms with van der Waals surface area (Å²) in [6, 6.07) is 0. The van der Waals surface area contributed by atoms with Gasteiger partial charge in [0.1, 0.15) is 0 Å². The standard InChI is InChI=1S/C19H30O/c1-17-10-5-7-15(17)16-9-8-14-6-3-4-11-18(14,2)19(16,20)13-12-17/h6,15-16,20H,3-5,7-13H2,1-2H3/t15-,16-,17-,18-,19+/m0/s1. The van der Waals surface area contributed by atoms with Crippen molar-refractivity contribution in [2.45, 2.75) is 83.7 Å². The summed E-state index contributed by atoms with van der Waals surface area (Å²) in [6.07, 6.45) is 15.2. The molecular weight excluding hydrogens is 244 g/mol. The van der Waals surface area contributed by atoms with E-state index in [9.17, 15) is 5.11 Å². The normalized spacial score (nSPS) is 54.6. The lowest BCUT2D eigenvalue weighted by atomic mass is 9.45. The highest BCUT2D eigenvalue weighted by Crippen LogP contribution is 2.66. The molecule has 1 nitrogen and oxygen atoms in total. The van der Waals surface area contributed by atoms with E-state index < -0.39 is 5.60 Å². The number of rotatable bonds is 0. The molecule has 3 fully saturated rings. The predicted octanol–water partition coefficient (Wildman–Crippen LogP) is 4.84. The Labute approximate surface area is 123 Å². The fraction of sp³-hybridized carbons (Fsp3) is 0.895. The Bertz CT molecular complexity index is 453. The number of hydrogen-bond acceptors (Lipinski definition) is 1. The van der Waals surface area contributed by atoms with Crippen LogP contribution >= 0.6 is 0 Å². The van der Waals surface area contributed by atoms with E-state index in [4.69, 9.17) is 0 Å². The zero-order valence-corrected chi connectivity index (χ0v) is 13.3. The van der Waals surface area contributed by atoms with Crippen molar-refractivity contribution in [2.24, 2.45) is 22.7 Å². The molecule has 1 heteroatoms. The molecule has 0 heterocycles.